The SMILES string of the molecule is C[C@H]1C(=O)OC[C@H]1C[C@@H](O)[C@](C)(O)[C@@]1(O)CC[C@@]2(O)[C@@H]3CC=C4CC=CC(=O)[C@]4(C)[C@H]3CC[C@]12C. The number of ketones is 1. The highest BCUT2D eigenvalue weighted by atomic mass is 16.5. The van der Waals surface area contributed by atoms with E-state index in [0.717, 1.165) is 12.0 Å². The van der Waals surface area contributed by atoms with E-state index in [0.29, 0.717) is 19.3 Å². The minimum atomic E-state index is -1.91. The van der Waals surface area contributed by atoms with Crippen molar-refractivity contribution in [1.82, 2.24) is 0 Å². The molecule has 5 aliphatic rings. The number of ether oxygens (including phenoxy) is 1. The first-order chi connectivity index (χ1) is 16.2. The van der Waals surface area contributed by atoms with E-state index >= 15 is 0 Å². The average molecular weight is 489 g/mol. The molecule has 5 rings (SSSR count). The molecule has 0 bridgehead atoms. The summed E-state index contributed by atoms with van der Waals surface area (Å²) >= 11 is 0. The number of carbonyl (C=O) groups is 2. The van der Waals surface area contributed by atoms with Gasteiger partial charge in [0.1, 0.15) is 11.2 Å². The largest absolute Gasteiger partial charge is 0.465 e. The third-order valence-corrected chi connectivity index (χ3v) is 11.5. The molecule has 0 unspecified atom stereocenters. The maximum Gasteiger partial charge on any atom is 0.309 e. The van der Waals surface area contributed by atoms with Crippen molar-refractivity contribution < 1.29 is 34.8 Å². The molecule has 7 nitrogen and oxygen atoms in total. The number of carbonyl (C=O) groups excluding carboxylic acids is 2. The number of aliphatic hydroxyl groups is 4. The molecule has 3 fully saturated rings. The molecule has 0 amide bonds. The first-order valence-corrected chi connectivity index (χ1v) is 13.2. The fraction of sp³-hybridized carbons (Fsp3) is 0.786. The molecule has 4 N–H and O–H groups in total. The minimum absolute atomic E-state index is 0.0438. The van der Waals surface area contributed by atoms with E-state index in [1.165, 1.54) is 6.92 Å². The zero-order valence-electron chi connectivity index (χ0n) is 21.3. The zero-order valence-corrected chi connectivity index (χ0v) is 21.3. The van der Waals surface area contributed by atoms with Crippen LogP contribution in [0.25, 0.3) is 0 Å². The van der Waals surface area contributed by atoms with Crippen LogP contribution in [-0.2, 0) is 14.3 Å². The smallest absolute Gasteiger partial charge is 0.309 e. The van der Waals surface area contributed by atoms with Gasteiger partial charge in [-0.2, -0.15) is 0 Å². The Morgan fingerprint density at radius 1 is 1.17 bits per heavy atom. The second kappa shape index (κ2) is 7.73. The Morgan fingerprint density at radius 2 is 1.89 bits per heavy atom. The van der Waals surface area contributed by atoms with Crippen molar-refractivity contribution in [1.29, 1.82) is 0 Å². The van der Waals surface area contributed by atoms with Crippen molar-refractivity contribution in [3.63, 3.8) is 0 Å². The maximum absolute atomic E-state index is 13.1. The van der Waals surface area contributed by atoms with Gasteiger partial charge in [-0.3, -0.25) is 9.59 Å². The van der Waals surface area contributed by atoms with Crippen molar-refractivity contribution >= 4 is 11.8 Å². The molecule has 0 radical (unpaired) electrons. The summed E-state index contributed by atoms with van der Waals surface area (Å²) in [5.74, 6) is -1.14. The van der Waals surface area contributed by atoms with Gasteiger partial charge in [0.05, 0.1) is 29.6 Å². The average Bonchev–Trinajstić information content (AvgIpc) is 3.24. The van der Waals surface area contributed by atoms with Gasteiger partial charge in [0.25, 0.3) is 0 Å². The van der Waals surface area contributed by atoms with E-state index < -0.39 is 33.7 Å². The number of esters is 1. The molecule has 194 valence electrons. The number of fused-ring (bicyclic) bond motifs is 5. The Labute approximate surface area is 207 Å². The Hall–Kier alpha value is -1.54. The van der Waals surface area contributed by atoms with E-state index in [1.807, 2.05) is 19.9 Å². The predicted octanol–water partition coefficient (Wildman–Crippen LogP) is 2.45. The first kappa shape index (κ1) is 25.1. The van der Waals surface area contributed by atoms with Crippen molar-refractivity contribution in [2.75, 3.05) is 6.61 Å². The van der Waals surface area contributed by atoms with Crippen molar-refractivity contribution in [2.24, 2.45) is 34.5 Å². The summed E-state index contributed by atoms with van der Waals surface area (Å²) in [4.78, 5) is 24.9. The van der Waals surface area contributed by atoms with Gasteiger partial charge in [-0.15, -0.1) is 0 Å². The highest BCUT2D eigenvalue weighted by Crippen LogP contribution is 2.70. The van der Waals surface area contributed by atoms with Crippen LogP contribution in [0.1, 0.15) is 72.6 Å². The van der Waals surface area contributed by atoms with Crippen molar-refractivity contribution in [3.8, 4) is 0 Å². The molecule has 10 atom stereocenters. The van der Waals surface area contributed by atoms with Gasteiger partial charge in [0.2, 0.25) is 0 Å². The van der Waals surface area contributed by atoms with Crippen LogP contribution in [0.2, 0.25) is 0 Å². The van der Waals surface area contributed by atoms with Gasteiger partial charge in [-0.1, -0.05) is 31.6 Å². The minimum Gasteiger partial charge on any atom is -0.465 e. The van der Waals surface area contributed by atoms with Crippen molar-refractivity contribution in [2.45, 2.75) is 95.5 Å². The Morgan fingerprint density at radius 3 is 2.54 bits per heavy atom. The van der Waals surface area contributed by atoms with Crippen LogP contribution in [0.5, 0.6) is 0 Å². The third kappa shape index (κ3) is 2.98. The van der Waals surface area contributed by atoms with E-state index in [-0.39, 0.29) is 61.3 Å². The van der Waals surface area contributed by atoms with Gasteiger partial charge in [-0.05, 0) is 76.7 Å². The quantitative estimate of drug-likeness (QED) is 0.354. The van der Waals surface area contributed by atoms with Crippen molar-refractivity contribution in [3.05, 3.63) is 23.8 Å². The number of cyclic esters (lactones) is 1. The summed E-state index contributed by atoms with van der Waals surface area (Å²) in [6.45, 7) is 7.23. The molecular formula is C28H40O7. The Balaban J connectivity index is 1.46. The molecular weight excluding hydrogens is 448 g/mol. The second-order valence-corrected chi connectivity index (χ2v) is 12.6. The molecule has 2 saturated carbocycles. The van der Waals surface area contributed by atoms with E-state index in [4.69, 9.17) is 4.74 Å². The lowest BCUT2D eigenvalue weighted by Crippen LogP contribution is -2.71. The van der Waals surface area contributed by atoms with Crippen LogP contribution in [0.3, 0.4) is 0 Å². The standard InChI is InChI=1S/C28H40O7/c1-16-17(15-35-23(16)31)14-22(30)26(4,32)28(34)13-12-27(33)20-9-8-18-6-5-7-21(29)25(18,3)19(20)10-11-24(27,28)2/h5,7-8,16-17,19-20,22,30,32-34H,6,9-15H2,1-4H3/t16-,17-,19+,20-,22-,24+,25+,26+,27-,28-/m1/s1. The van der Waals surface area contributed by atoms with Gasteiger partial charge in [0.15, 0.2) is 5.78 Å². The lowest BCUT2D eigenvalue weighted by atomic mass is 9.44. The molecule has 35 heavy (non-hydrogen) atoms. The molecule has 1 heterocycles. The molecule has 1 aliphatic heterocycles. The van der Waals surface area contributed by atoms with Gasteiger partial charge >= 0.3 is 5.97 Å². The van der Waals surface area contributed by atoms with Crippen LogP contribution in [-0.4, -0.2) is 61.7 Å². The molecule has 0 aromatic rings. The van der Waals surface area contributed by atoms with E-state index in [9.17, 15) is 30.0 Å². The fourth-order valence-corrected chi connectivity index (χ4v) is 8.68. The second-order valence-electron chi connectivity index (χ2n) is 12.6. The fourth-order valence-electron chi connectivity index (χ4n) is 8.68. The summed E-state index contributed by atoms with van der Waals surface area (Å²) in [6.07, 6.45) is 7.39. The molecule has 0 aromatic carbocycles. The zero-order chi connectivity index (χ0) is 25.6. The summed E-state index contributed by atoms with van der Waals surface area (Å²) in [5.41, 5.74) is -5.55. The predicted molar refractivity (Wildman–Crippen MR) is 128 cm³/mol. The molecule has 0 spiro atoms. The van der Waals surface area contributed by atoms with Gasteiger partial charge < -0.3 is 25.2 Å². The van der Waals surface area contributed by atoms with Crippen LogP contribution in [0, 0.1) is 34.5 Å². The third-order valence-electron chi connectivity index (χ3n) is 11.5. The summed E-state index contributed by atoms with van der Waals surface area (Å²) < 4.78 is 5.11. The summed E-state index contributed by atoms with van der Waals surface area (Å²) in [6, 6.07) is 0. The lowest BCUT2D eigenvalue weighted by Gasteiger charge is -2.63. The molecule has 7 heteroatoms. The lowest BCUT2D eigenvalue weighted by molar-refractivity contribution is -0.278. The first-order valence-electron chi connectivity index (χ1n) is 13.2. The van der Waals surface area contributed by atoms with Crippen LogP contribution in [0.4, 0.5) is 0 Å². The molecule has 1 saturated heterocycles. The summed E-state index contributed by atoms with van der Waals surface area (Å²) in [5, 5.41) is 47.4. The van der Waals surface area contributed by atoms with Crippen LogP contribution in [0.15, 0.2) is 23.8 Å². The number of rotatable bonds is 4. The Kier molecular flexibility index (Phi) is 5.55. The Bertz CT molecular complexity index is 999. The maximum atomic E-state index is 13.1. The number of hydrogen-bond acceptors (Lipinski definition) is 7. The monoisotopic (exact) mass is 488 g/mol. The highest BCUT2D eigenvalue weighted by molar-refractivity contribution is 5.98. The topological polar surface area (TPSA) is 124 Å². The van der Waals surface area contributed by atoms with Gasteiger partial charge in [-0.25, -0.2) is 0 Å². The van der Waals surface area contributed by atoms with Crippen LogP contribution < -0.4 is 0 Å². The molecule has 4 aliphatic carbocycles. The summed E-state index contributed by atoms with van der Waals surface area (Å²) in [7, 11) is 0. The van der Waals surface area contributed by atoms with Crippen LogP contribution >= 0.6 is 0 Å². The highest BCUT2D eigenvalue weighted by Gasteiger charge is 2.76. The normalized spacial score (nSPS) is 49.4. The number of allylic oxidation sites excluding steroid dienone is 4. The van der Waals surface area contributed by atoms with Gasteiger partial charge in [0, 0.05) is 11.3 Å². The number of aliphatic hydroxyl groups excluding tert-OH is 1. The van der Waals surface area contributed by atoms with E-state index in [1.54, 1.807) is 13.0 Å². The number of hydrogen-bond donors (Lipinski definition) is 4. The molecule has 0 aromatic heterocycles. The van der Waals surface area contributed by atoms with E-state index in [2.05, 4.69) is 6.08 Å².